The molecule has 0 aliphatic rings. The molecule has 3 N–H and O–H groups in total. The Morgan fingerprint density at radius 1 is 0.458 bits per heavy atom. The number of unbranched alkanes of at least 4 members (excludes halogenated alkanes) is 36. The third-order valence-electron chi connectivity index (χ3n) is 11.5. The first-order valence-electron chi connectivity index (χ1n) is 25.5. The fourth-order valence-electron chi connectivity index (χ4n) is 7.65. The molecule has 0 saturated carbocycles. The molecule has 10 heteroatoms. The number of phosphoric ester groups is 1. The third kappa shape index (κ3) is 46.8. The Morgan fingerprint density at radius 3 is 1.10 bits per heavy atom. The molecule has 0 heterocycles. The van der Waals surface area contributed by atoms with Crippen LogP contribution in [-0.2, 0) is 27.9 Å². The molecular weight excluding hydrogens is 764 g/mol. The summed E-state index contributed by atoms with van der Waals surface area (Å²) < 4.78 is 33.5. The van der Waals surface area contributed by atoms with E-state index < -0.39 is 33.2 Å². The molecule has 0 fully saturated rings. The van der Waals surface area contributed by atoms with Crippen molar-refractivity contribution in [1.29, 1.82) is 0 Å². The van der Waals surface area contributed by atoms with E-state index in [0.717, 1.165) is 32.1 Å². The minimum absolute atomic E-state index is 0.0588. The van der Waals surface area contributed by atoms with Crippen molar-refractivity contribution in [2.75, 3.05) is 33.0 Å². The molecule has 0 aromatic heterocycles. The first-order chi connectivity index (χ1) is 28.8. The summed E-state index contributed by atoms with van der Waals surface area (Å²) in [6.07, 6.45) is 47.8. The van der Waals surface area contributed by atoms with E-state index in [-0.39, 0.29) is 25.6 Å². The number of carbonyl (C=O) groups is 1. The maximum atomic E-state index is 12.7. The summed E-state index contributed by atoms with van der Waals surface area (Å²) in [6.45, 7) is 3.60. The minimum Gasteiger partial charge on any atom is -0.457 e. The molecule has 9 nitrogen and oxygen atoms in total. The zero-order valence-corrected chi connectivity index (χ0v) is 39.9. The van der Waals surface area contributed by atoms with Gasteiger partial charge < -0.3 is 24.6 Å². The van der Waals surface area contributed by atoms with Crippen molar-refractivity contribution in [3.63, 3.8) is 0 Å². The highest BCUT2D eigenvalue weighted by Crippen LogP contribution is 2.43. The number of carbonyl (C=O) groups excluding carboxylic acids is 1. The monoisotopic (exact) mass is 863 g/mol. The van der Waals surface area contributed by atoms with Crippen LogP contribution < -0.4 is 0 Å². The standard InChI is InChI=1S/C49H99O9P/c1-3-5-7-9-11-13-15-17-19-21-23-24-26-28-30-32-34-36-38-40-42-55-45-48(46-57-59(53,54)56-44-47(51)43-50)58-49(52)41-39-37-35-33-31-29-27-25-22-20-18-16-14-12-10-8-6-4-2/h47-48,50-51H,3-46H2,1-2H3,(H,53,54)/t47-,48+/m0/s1. The molecule has 0 rings (SSSR count). The first-order valence-corrected chi connectivity index (χ1v) is 27.0. The van der Waals surface area contributed by atoms with Crippen LogP contribution in [0.5, 0.6) is 0 Å². The molecule has 0 amide bonds. The third-order valence-corrected chi connectivity index (χ3v) is 12.5. The van der Waals surface area contributed by atoms with Crippen LogP contribution in [0.2, 0.25) is 0 Å². The Kier molecular flexibility index (Phi) is 46.5. The molecule has 0 aliphatic heterocycles. The summed E-state index contributed by atoms with van der Waals surface area (Å²) in [6, 6.07) is 0. The van der Waals surface area contributed by atoms with Crippen LogP contribution in [-0.4, -0.2) is 66.3 Å². The van der Waals surface area contributed by atoms with Crippen molar-refractivity contribution < 1.29 is 43.0 Å². The molecule has 0 aliphatic carbocycles. The molecule has 1 unspecified atom stereocenters. The number of aliphatic hydroxyl groups is 2. The highest BCUT2D eigenvalue weighted by atomic mass is 31.2. The van der Waals surface area contributed by atoms with Crippen LogP contribution in [0.15, 0.2) is 0 Å². The number of esters is 1. The maximum absolute atomic E-state index is 12.7. The molecule has 0 spiro atoms. The predicted octanol–water partition coefficient (Wildman–Crippen LogP) is 14.7. The van der Waals surface area contributed by atoms with Crippen LogP contribution in [0.4, 0.5) is 0 Å². The lowest BCUT2D eigenvalue weighted by Crippen LogP contribution is -2.29. The predicted molar refractivity (Wildman–Crippen MR) is 247 cm³/mol. The number of aliphatic hydroxyl groups excluding tert-OH is 2. The highest BCUT2D eigenvalue weighted by Gasteiger charge is 2.26. The summed E-state index contributed by atoms with van der Waals surface area (Å²) in [5.74, 6) is -0.373. The molecule has 0 radical (unpaired) electrons. The Bertz CT molecular complexity index is 892. The van der Waals surface area contributed by atoms with Gasteiger partial charge in [-0.25, -0.2) is 4.57 Å². The van der Waals surface area contributed by atoms with Crippen LogP contribution in [0.25, 0.3) is 0 Å². The fourth-order valence-corrected chi connectivity index (χ4v) is 8.44. The van der Waals surface area contributed by atoms with Gasteiger partial charge in [-0.05, 0) is 12.8 Å². The smallest absolute Gasteiger partial charge is 0.457 e. The van der Waals surface area contributed by atoms with E-state index in [1.165, 1.54) is 212 Å². The summed E-state index contributed by atoms with van der Waals surface area (Å²) in [5.41, 5.74) is 0. The van der Waals surface area contributed by atoms with Gasteiger partial charge in [0.05, 0.1) is 26.4 Å². The zero-order chi connectivity index (χ0) is 43.2. The van der Waals surface area contributed by atoms with E-state index >= 15 is 0 Å². The summed E-state index contributed by atoms with van der Waals surface area (Å²) in [7, 11) is -4.51. The highest BCUT2D eigenvalue weighted by molar-refractivity contribution is 7.47. The summed E-state index contributed by atoms with van der Waals surface area (Å²) in [5, 5.41) is 18.4. The van der Waals surface area contributed by atoms with Gasteiger partial charge in [0.25, 0.3) is 0 Å². The van der Waals surface area contributed by atoms with Gasteiger partial charge in [0.15, 0.2) is 0 Å². The summed E-state index contributed by atoms with van der Waals surface area (Å²) >= 11 is 0. The molecule has 0 saturated heterocycles. The van der Waals surface area contributed by atoms with Crippen LogP contribution >= 0.6 is 7.82 Å². The van der Waals surface area contributed by atoms with Crippen molar-refractivity contribution in [3.05, 3.63) is 0 Å². The van der Waals surface area contributed by atoms with Gasteiger partial charge >= 0.3 is 13.8 Å². The Morgan fingerprint density at radius 2 is 0.763 bits per heavy atom. The van der Waals surface area contributed by atoms with Gasteiger partial charge in [-0.1, -0.05) is 245 Å². The quantitative estimate of drug-likeness (QED) is 0.0311. The van der Waals surface area contributed by atoms with E-state index in [0.29, 0.717) is 6.61 Å². The van der Waals surface area contributed by atoms with Crippen molar-refractivity contribution >= 4 is 13.8 Å². The normalized spacial score (nSPS) is 13.8. The first kappa shape index (κ1) is 58.5. The molecule has 59 heavy (non-hydrogen) atoms. The largest absolute Gasteiger partial charge is 0.472 e. The van der Waals surface area contributed by atoms with Gasteiger partial charge in [-0.15, -0.1) is 0 Å². The molecule has 3 atom stereocenters. The molecule has 0 bridgehead atoms. The van der Waals surface area contributed by atoms with Crippen molar-refractivity contribution in [3.8, 4) is 0 Å². The average molecular weight is 863 g/mol. The van der Waals surface area contributed by atoms with Crippen molar-refractivity contribution in [1.82, 2.24) is 0 Å². The van der Waals surface area contributed by atoms with Crippen molar-refractivity contribution in [2.45, 2.75) is 276 Å². The average Bonchev–Trinajstić information content (AvgIpc) is 3.23. The van der Waals surface area contributed by atoms with Crippen LogP contribution in [0.3, 0.4) is 0 Å². The number of hydrogen-bond acceptors (Lipinski definition) is 8. The van der Waals surface area contributed by atoms with Crippen LogP contribution in [0.1, 0.15) is 264 Å². The minimum atomic E-state index is -4.51. The SMILES string of the molecule is CCCCCCCCCCCCCCCCCCCCCCOC[C@H](COP(=O)(O)OC[C@@H](O)CO)OC(=O)CCCCCCCCCCCCCCCCCCCC. The second-order valence-electron chi connectivity index (χ2n) is 17.6. The Balaban J connectivity index is 4.02. The van der Waals surface area contributed by atoms with Crippen molar-refractivity contribution in [2.24, 2.45) is 0 Å². The summed E-state index contributed by atoms with van der Waals surface area (Å²) in [4.78, 5) is 22.7. The molecular formula is C49H99O9P. The van der Waals surface area contributed by atoms with Gasteiger partial charge in [0.1, 0.15) is 12.2 Å². The molecule has 0 aromatic carbocycles. The second kappa shape index (κ2) is 47.0. The van der Waals surface area contributed by atoms with E-state index in [2.05, 4.69) is 13.8 Å². The maximum Gasteiger partial charge on any atom is 0.472 e. The Hall–Kier alpha value is -0.540. The van der Waals surface area contributed by atoms with E-state index in [1.54, 1.807) is 0 Å². The number of ether oxygens (including phenoxy) is 2. The van der Waals surface area contributed by atoms with Gasteiger partial charge in [0, 0.05) is 13.0 Å². The number of phosphoric acid groups is 1. The van der Waals surface area contributed by atoms with Gasteiger partial charge in [0.2, 0.25) is 0 Å². The second-order valence-corrected chi connectivity index (χ2v) is 19.0. The lowest BCUT2D eigenvalue weighted by atomic mass is 10.0. The van der Waals surface area contributed by atoms with E-state index in [9.17, 15) is 19.4 Å². The molecule has 354 valence electrons. The number of hydrogen-bond donors (Lipinski definition) is 3. The number of rotatable bonds is 50. The van der Waals surface area contributed by atoms with Gasteiger partial charge in [-0.2, -0.15) is 0 Å². The van der Waals surface area contributed by atoms with Gasteiger partial charge in [-0.3, -0.25) is 13.8 Å². The Labute approximate surface area is 365 Å². The lowest BCUT2D eigenvalue weighted by Gasteiger charge is -2.20. The lowest BCUT2D eigenvalue weighted by molar-refractivity contribution is -0.154. The van der Waals surface area contributed by atoms with Crippen LogP contribution in [0, 0.1) is 0 Å². The zero-order valence-electron chi connectivity index (χ0n) is 39.0. The molecule has 0 aromatic rings. The topological polar surface area (TPSA) is 132 Å². The van der Waals surface area contributed by atoms with E-state index in [1.807, 2.05) is 0 Å². The fraction of sp³-hybridized carbons (Fsp3) is 0.980. The van der Waals surface area contributed by atoms with E-state index in [4.69, 9.17) is 23.6 Å².